The number of hydrogen-bond acceptors (Lipinski definition) is 4. The highest BCUT2D eigenvalue weighted by atomic mass is 15.4. The van der Waals surface area contributed by atoms with Crippen LogP contribution in [0.25, 0.3) is 11.0 Å². The summed E-state index contributed by atoms with van der Waals surface area (Å²) < 4.78 is 3.67. The van der Waals surface area contributed by atoms with Crippen molar-refractivity contribution in [3.63, 3.8) is 0 Å². The smallest absolute Gasteiger partial charge is 0.0916 e. The summed E-state index contributed by atoms with van der Waals surface area (Å²) in [5.74, 6) is 0.611. The molecule has 0 amide bonds. The maximum absolute atomic E-state index is 4.80. The van der Waals surface area contributed by atoms with Gasteiger partial charge in [0.15, 0.2) is 0 Å². The molecule has 0 aromatic carbocycles. The van der Waals surface area contributed by atoms with Gasteiger partial charge in [0, 0.05) is 30.3 Å². The van der Waals surface area contributed by atoms with E-state index in [2.05, 4.69) is 48.1 Å². The molecule has 1 saturated carbocycles. The average molecular weight is 346 g/mol. The summed E-state index contributed by atoms with van der Waals surface area (Å²) in [5, 5.41) is 14.0. The Kier molecular flexibility index (Phi) is 3.20. The molecular weight excluding hydrogens is 324 g/mol. The molecule has 0 radical (unpaired) electrons. The van der Waals surface area contributed by atoms with Gasteiger partial charge < -0.3 is 0 Å². The van der Waals surface area contributed by atoms with Gasteiger partial charge in [0.05, 0.1) is 34.8 Å². The Morgan fingerprint density at radius 1 is 1.12 bits per heavy atom. The SMILES string of the molecule is CC(C)(C)c1c(C2CC2)nn2ncc(Cc3cc4cnccn4n3)cc12. The quantitative estimate of drug-likeness (QED) is 0.569. The van der Waals surface area contributed by atoms with Crippen LogP contribution in [0.2, 0.25) is 0 Å². The van der Waals surface area contributed by atoms with Crippen molar-refractivity contribution >= 4 is 11.0 Å². The molecule has 26 heavy (non-hydrogen) atoms. The fourth-order valence-corrected chi connectivity index (χ4v) is 3.70. The summed E-state index contributed by atoms with van der Waals surface area (Å²) in [5.41, 5.74) is 6.93. The van der Waals surface area contributed by atoms with Crippen LogP contribution in [-0.4, -0.2) is 29.4 Å². The van der Waals surface area contributed by atoms with Crippen molar-refractivity contribution < 1.29 is 0 Å². The van der Waals surface area contributed by atoms with Crippen molar-refractivity contribution in [2.24, 2.45) is 0 Å². The van der Waals surface area contributed by atoms with Crippen LogP contribution in [0.3, 0.4) is 0 Å². The van der Waals surface area contributed by atoms with E-state index in [0.29, 0.717) is 5.92 Å². The molecule has 0 unspecified atom stereocenters. The molecule has 4 heterocycles. The molecule has 6 heteroatoms. The van der Waals surface area contributed by atoms with Crippen molar-refractivity contribution in [2.75, 3.05) is 0 Å². The topological polar surface area (TPSA) is 60.4 Å². The van der Waals surface area contributed by atoms with E-state index in [1.807, 2.05) is 27.7 Å². The van der Waals surface area contributed by atoms with Gasteiger partial charge in [0.2, 0.25) is 0 Å². The van der Waals surface area contributed by atoms with Crippen LogP contribution >= 0.6 is 0 Å². The zero-order valence-corrected chi connectivity index (χ0v) is 15.3. The molecule has 6 nitrogen and oxygen atoms in total. The molecule has 132 valence electrons. The minimum absolute atomic E-state index is 0.0503. The second kappa shape index (κ2) is 5.37. The van der Waals surface area contributed by atoms with Gasteiger partial charge in [0.1, 0.15) is 0 Å². The van der Waals surface area contributed by atoms with Crippen molar-refractivity contribution in [1.29, 1.82) is 0 Å². The Morgan fingerprint density at radius 3 is 2.69 bits per heavy atom. The van der Waals surface area contributed by atoms with E-state index in [0.717, 1.165) is 28.7 Å². The van der Waals surface area contributed by atoms with Crippen molar-refractivity contribution in [1.82, 2.24) is 29.4 Å². The predicted octanol–water partition coefficient (Wildman–Crippen LogP) is 3.54. The van der Waals surface area contributed by atoms with E-state index in [4.69, 9.17) is 5.10 Å². The number of rotatable bonds is 3. The number of aromatic nitrogens is 6. The van der Waals surface area contributed by atoms with Crippen LogP contribution in [-0.2, 0) is 11.8 Å². The summed E-state index contributed by atoms with van der Waals surface area (Å²) in [4.78, 5) is 4.15. The third kappa shape index (κ3) is 2.57. The third-order valence-corrected chi connectivity index (χ3v) is 5.00. The standard InChI is InChI=1S/C20H22N6/c1-20(2,3)18-17-9-13(11-22-26(17)24-19(18)14-4-5-14)8-15-10-16-12-21-6-7-25(16)23-15/h6-7,9-12,14H,4-5,8H2,1-3H3. The van der Waals surface area contributed by atoms with Gasteiger partial charge >= 0.3 is 0 Å². The Morgan fingerprint density at radius 2 is 1.96 bits per heavy atom. The number of hydrogen-bond donors (Lipinski definition) is 0. The van der Waals surface area contributed by atoms with E-state index in [1.54, 1.807) is 6.20 Å². The molecule has 1 fully saturated rings. The predicted molar refractivity (Wildman–Crippen MR) is 99.5 cm³/mol. The van der Waals surface area contributed by atoms with Crippen molar-refractivity contribution in [2.45, 2.75) is 51.4 Å². The van der Waals surface area contributed by atoms with Crippen LogP contribution in [0, 0.1) is 0 Å². The van der Waals surface area contributed by atoms with Gasteiger partial charge in [-0.1, -0.05) is 20.8 Å². The maximum Gasteiger partial charge on any atom is 0.0916 e. The van der Waals surface area contributed by atoms with Gasteiger partial charge in [-0.25, -0.2) is 4.52 Å². The minimum atomic E-state index is 0.0503. The first-order chi connectivity index (χ1) is 12.5. The Labute approximate surface area is 151 Å². The molecule has 4 aromatic heterocycles. The number of nitrogens with zero attached hydrogens (tertiary/aromatic N) is 6. The molecule has 4 aromatic rings. The van der Waals surface area contributed by atoms with E-state index in [9.17, 15) is 0 Å². The summed E-state index contributed by atoms with van der Waals surface area (Å²) in [7, 11) is 0. The maximum atomic E-state index is 4.80. The molecule has 0 N–H and O–H groups in total. The van der Waals surface area contributed by atoms with Crippen LogP contribution in [0.4, 0.5) is 0 Å². The lowest BCUT2D eigenvalue weighted by Crippen LogP contribution is -2.13. The molecule has 5 rings (SSSR count). The van der Waals surface area contributed by atoms with Gasteiger partial charge in [-0.05, 0) is 36.0 Å². The van der Waals surface area contributed by atoms with Gasteiger partial charge in [-0.15, -0.1) is 0 Å². The summed E-state index contributed by atoms with van der Waals surface area (Å²) in [6.07, 6.45) is 10.6. The Balaban J connectivity index is 1.58. The molecule has 1 aliphatic rings. The van der Waals surface area contributed by atoms with Gasteiger partial charge in [0.25, 0.3) is 0 Å². The lowest BCUT2D eigenvalue weighted by molar-refractivity contribution is 0.587. The fourth-order valence-electron chi connectivity index (χ4n) is 3.70. The van der Waals surface area contributed by atoms with Crippen LogP contribution in [0.5, 0.6) is 0 Å². The largest absolute Gasteiger partial charge is 0.261 e. The Hall–Kier alpha value is -2.76. The summed E-state index contributed by atoms with van der Waals surface area (Å²) >= 11 is 0. The van der Waals surface area contributed by atoms with E-state index < -0.39 is 0 Å². The first kappa shape index (κ1) is 15.5. The minimum Gasteiger partial charge on any atom is -0.261 e. The van der Waals surface area contributed by atoms with E-state index >= 15 is 0 Å². The van der Waals surface area contributed by atoms with Crippen molar-refractivity contribution in [3.05, 3.63) is 59.4 Å². The van der Waals surface area contributed by atoms with Gasteiger partial charge in [-0.3, -0.25) is 4.98 Å². The molecule has 0 atom stereocenters. The zero-order chi connectivity index (χ0) is 17.9. The third-order valence-electron chi connectivity index (χ3n) is 5.00. The van der Waals surface area contributed by atoms with E-state index in [-0.39, 0.29) is 5.41 Å². The Bertz CT molecular complexity index is 1080. The molecule has 0 aliphatic heterocycles. The highest BCUT2D eigenvalue weighted by Crippen LogP contribution is 2.45. The molecule has 1 aliphatic carbocycles. The summed E-state index contributed by atoms with van der Waals surface area (Å²) in [6, 6.07) is 4.31. The zero-order valence-electron chi connectivity index (χ0n) is 15.3. The first-order valence-corrected chi connectivity index (χ1v) is 9.15. The number of fused-ring (bicyclic) bond motifs is 2. The fraction of sp³-hybridized carbons (Fsp3) is 0.400. The molecule has 0 bridgehead atoms. The second-order valence-corrected chi connectivity index (χ2v) is 8.28. The summed E-state index contributed by atoms with van der Waals surface area (Å²) in [6.45, 7) is 6.78. The molecule has 0 saturated heterocycles. The highest BCUT2D eigenvalue weighted by Gasteiger charge is 2.34. The van der Waals surface area contributed by atoms with Gasteiger partial charge in [-0.2, -0.15) is 19.9 Å². The lowest BCUT2D eigenvalue weighted by Gasteiger charge is -2.19. The first-order valence-electron chi connectivity index (χ1n) is 9.15. The molecular formula is C20H22N6. The lowest BCUT2D eigenvalue weighted by atomic mass is 9.84. The molecule has 0 spiro atoms. The second-order valence-electron chi connectivity index (χ2n) is 8.28. The highest BCUT2D eigenvalue weighted by molar-refractivity contribution is 5.61. The van der Waals surface area contributed by atoms with Crippen LogP contribution in [0.1, 0.15) is 62.0 Å². The van der Waals surface area contributed by atoms with E-state index in [1.165, 1.54) is 24.1 Å². The monoisotopic (exact) mass is 346 g/mol. The van der Waals surface area contributed by atoms with Crippen LogP contribution < -0.4 is 0 Å². The van der Waals surface area contributed by atoms with Crippen LogP contribution in [0.15, 0.2) is 36.9 Å². The average Bonchev–Trinajstić information content (AvgIpc) is 3.24. The normalized spacial score (nSPS) is 15.2. The van der Waals surface area contributed by atoms with Crippen molar-refractivity contribution in [3.8, 4) is 0 Å².